The molecule has 1 aromatic heterocycles. The summed E-state index contributed by atoms with van der Waals surface area (Å²) in [5, 5.41) is 2.88. The second-order valence-corrected chi connectivity index (χ2v) is 4.07. The standard InChI is InChI=1S/C14H15N3O2/c1-2-8-15-12-9-13(18)17(14(19)16-12)10-11-6-4-3-5-7-11/h2-7,9,15H,1,8,10H2,(H,16,19). The Kier molecular flexibility index (Phi) is 3.97. The zero-order chi connectivity index (χ0) is 13.7. The highest BCUT2D eigenvalue weighted by atomic mass is 16.2. The maximum atomic E-state index is 11.9. The molecule has 0 aliphatic carbocycles. The van der Waals surface area contributed by atoms with Gasteiger partial charge in [-0.25, -0.2) is 4.79 Å². The number of nitrogens with zero attached hydrogens (tertiary/aromatic N) is 1. The van der Waals surface area contributed by atoms with Gasteiger partial charge in [0.2, 0.25) is 0 Å². The normalized spacial score (nSPS) is 10.1. The van der Waals surface area contributed by atoms with Crippen LogP contribution in [0.15, 0.2) is 58.6 Å². The van der Waals surface area contributed by atoms with Crippen molar-refractivity contribution in [1.82, 2.24) is 9.55 Å². The summed E-state index contributed by atoms with van der Waals surface area (Å²) < 4.78 is 1.16. The zero-order valence-corrected chi connectivity index (χ0v) is 10.4. The monoisotopic (exact) mass is 257 g/mol. The molecule has 5 heteroatoms. The minimum Gasteiger partial charge on any atom is -0.368 e. The van der Waals surface area contributed by atoms with Gasteiger partial charge < -0.3 is 5.32 Å². The van der Waals surface area contributed by atoms with E-state index in [-0.39, 0.29) is 12.1 Å². The van der Waals surface area contributed by atoms with E-state index in [0.29, 0.717) is 12.4 Å². The Labute approximate surface area is 110 Å². The van der Waals surface area contributed by atoms with Gasteiger partial charge in [-0.3, -0.25) is 14.3 Å². The predicted octanol–water partition coefficient (Wildman–Crippen LogP) is 1.18. The third-order valence-electron chi connectivity index (χ3n) is 2.64. The van der Waals surface area contributed by atoms with Crippen molar-refractivity contribution in [3.8, 4) is 0 Å². The Morgan fingerprint density at radius 1 is 1.26 bits per heavy atom. The molecule has 1 aromatic carbocycles. The van der Waals surface area contributed by atoms with Crippen LogP contribution in [0.2, 0.25) is 0 Å². The first-order valence-electron chi connectivity index (χ1n) is 5.93. The van der Waals surface area contributed by atoms with Gasteiger partial charge in [-0.1, -0.05) is 36.4 Å². The minimum absolute atomic E-state index is 0.261. The Hall–Kier alpha value is -2.56. The van der Waals surface area contributed by atoms with E-state index >= 15 is 0 Å². The van der Waals surface area contributed by atoms with Crippen LogP contribution in [0.25, 0.3) is 0 Å². The summed E-state index contributed by atoms with van der Waals surface area (Å²) in [5.74, 6) is 0.402. The first-order valence-corrected chi connectivity index (χ1v) is 5.93. The summed E-state index contributed by atoms with van der Waals surface area (Å²) in [5.41, 5.74) is 0.143. The predicted molar refractivity (Wildman–Crippen MR) is 75.6 cm³/mol. The van der Waals surface area contributed by atoms with E-state index in [1.165, 1.54) is 6.07 Å². The molecule has 0 spiro atoms. The van der Waals surface area contributed by atoms with E-state index in [1.807, 2.05) is 30.3 Å². The fourth-order valence-corrected chi connectivity index (χ4v) is 1.71. The molecule has 0 saturated heterocycles. The highest BCUT2D eigenvalue weighted by Crippen LogP contribution is 1.99. The number of hydrogen-bond acceptors (Lipinski definition) is 3. The van der Waals surface area contributed by atoms with Crippen LogP contribution in [0.3, 0.4) is 0 Å². The lowest BCUT2D eigenvalue weighted by atomic mass is 10.2. The molecule has 2 N–H and O–H groups in total. The topological polar surface area (TPSA) is 66.9 Å². The molecule has 0 bridgehead atoms. The zero-order valence-electron chi connectivity index (χ0n) is 10.4. The summed E-state index contributed by atoms with van der Waals surface area (Å²) >= 11 is 0. The van der Waals surface area contributed by atoms with Gasteiger partial charge >= 0.3 is 5.69 Å². The van der Waals surface area contributed by atoms with Crippen LogP contribution in [-0.4, -0.2) is 16.1 Å². The van der Waals surface area contributed by atoms with Crippen LogP contribution < -0.4 is 16.6 Å². The largest absolute Gasteiger partial charge is 0.368 e. The van der Waals surface area contributed by atoms with E-state index in [4.69, 9.17) is 0 Å². The van der Waals surface area contributed by atoms with Crippen LogP contribution in [0.4, 0.5) is 5.82 Å². The van der Waals surface area contributed by atoms with Gasteiger partial charge in [0.05, 0.1) is 6.54 Å². The molecule has 98 valence electrons. The van der Waals surface area contributed by atoms with Gasteiger partial charge in [0.1, 0.15) is 5.82 Å². The second kappa shape index (κ2) is 5.86. The number of benzene rings is 1. The minimum atomic E-state index is -0.428. The summed E-state index contributed by atoms with van der Waals surface area (Å²) in [7, 11) is 0. The number of aromatic amines is 1. The molecule has 0 aliphatic heterocycles. The second-order valence-electron chi connectivity index (χ2n) is 4.07. The van der Waals surface area contributed by atoms with Gasteiger partial charge in [-0.2, -0.15) is 0 Å². The summed E-state index contributed by atoms with van der Waals surface area (Å²) in [6.07, 6.45) is 1.65. The Balaban J connectivity index is 2.30. The first kappa shape index (κ1) is 12.9. The van der Waals surface area contributed by atoms with Crippen LogP contribution >= 0.6 is 0 Å². The fraction of sp³-hybridized carbons (Fsp3) is 0.143. The van der Waals surface area contributed by atoms with Crippen molar-refractivity contribution in [2.75, 3.05) is 11.9 Å². The molecule has 0 atom stereocenters. The van der Waals surface area contributed by atoms with E-state index in [0.717, 1.165) is 10.1 Å². The average Bonchev–Trinajstić information content (AvgIpc) is 2.42. The molecular weight excluding hydrogens is 242 g/mol. The van der Waals surface area contributed by atoms with Crippen molar-refractivity contribution in [3.63, 3.8) is 0 Å². The molecule has 2 rings (SSSR count). The molecule has 0 fully saturated rings. The smallest absolute Gasteiger partial charge is 0.330 e. The molecule has 5 nitrogen and oxygen atoms in total. The Morgan fingerprint density at radius 3 is 2.63 bits per heavy atom. The maximum Gasteiger partial charge on any atom is 0.330 e. The van der Waals surface area contributed by atoms with Gasteiger partial charge in [-0.15, -0.1) is 6.58 Å². The van der Waals surface area contributed by atoms with Gasteiger partial charge in [0.15, 0.2) is 0 Å². The Bertz CT molecular complexity index is 640. The first-order chi connectivity index (χ1) is 9.20. The molecular formula is C14H15N3O2. The molecule has 0 radical (unpaired) electrons. The van der Waals surface area contributed by atoms with Crippen LogP contribution in [-0.2, 0) is 6.54 Å². The molecule has 2 aromatic rings. The van der Waals surface area contributed by atoms with E-state index in [1.54, 1.807) is 6.08 Å². The average molecular weight is 257 g/mol. The lowest BCUT2D eigenvalue weighted by molar-refractivity contribution is 0.700. The van der Waals surface area contributed by atoms with Gasteiger partial charge in [-0.05, 0) is 5.56 Å². The lowest BCUT2D eigenvalue weighted by Crippen LogP contribution is -2.35. The van der Waals surface area contributed by atoms with Crippen molar-refractivity contribution in [2.24, 2.45) is 0 Å². The highest BCUT2D eigenvalue weighted by molar-refractivity contribution is 5.32. The Morgan fingerprint density at radius 2 is 2.00 bits per heavy atom. The van der Waals surface area contributed by atoms with Crippen molar-refractivity contribution in [1.29, 1.82) is 0 Å². The van der Waals surface area contributed by atoms with Crippen molar-refractivity contribution < 1.29 is 0 Å². The van der Waals surface area contributed by atoms with Crippen LogP contribution in [0.1, 0.15) is 5.56 Å². The van der Waals surface area contributed by atoms with E-state index < -0.39 is 5.69 Å². The molecule has 1 heterocycles. The van der Waals surface area contributed by atoms with E-state index in [9.17, 15) is 9.59 Å². The molecule has 0 aliphatic rings. The van der Waals surface area contributed by atoms with E-state index in [2.05, 4.69) is 16.9 Å². The van der Waals surface area contributed by atoms with Crippen molar-refractivity contribution >= 4 is 5.82 Å². The van der Waals surface area contributed by atoms with Crippen molar-refractivity contribution in [3.05, 3.63) is 75.5 Å². The molecule has 19 heavy (non-hydrogen) atoms. The summed E-state index contributed by atoms with van der Waals surface area (Å²) in [4.78, 5) is 26.4. The number of anilines is 1. The SMILES string of the molecule is C=CCNc1cc(=O)n(Cc2ccccc2)c(=O)[nH]1. The van der Waals surface area contributed by atoms with Crippen LogP contribution in [0.5, 0.6) is 0 Å². The third kappa shape index (κ3) is 3.22. The highest BCUT2D eigenvalue weighted by Gasteiger charge is 2.04. The molecule has 0 unspecified atom stereocenters. The summed E-state index contributed by atoms with van der Waals surface area (Å²) in [6.45, 7) is 4.30. The maximum absolute atomic E-state index is 11.9. The molecule has 0 saturated carbocycles. The van der Waals surface area contributed by atoms with Crippen molar-refractivity contribution in [2.45, 2.75) is 6.54 Å². The van der Waals surface area contributed by atoms with Gasteiger partial charge in [0.25, 0.3) is 5.56 Å². The number of H-pyrrole nitrogens is 1. The van der Waals surface area contributed by atoms with Crippen LogP contribution in [0, 0.1) is 0 Å². The summed E-state index contributed by atoms with van der Waals surface area (Å²) in [6, 6.07) is 10.7. The number of rotatable bonds is 5. The number of hydrogen-bond donors (Lipinski definition) is 2. The molecule has 0 amide bonds. The van der Waals surface area contributed by atoms with Gasteiger partial charge in [0, 0.05) is 12.6 Å². The fourth-order valence-electron chi connectivity index (χ4n) is 1.71. The lowest BCUT2D eigenvalue weighted by Gasteiger charge is -2.07. The quantitative estimate of drug-likeness (QED) is 0.790. The number of aromatic nitrogens is 2. The number of nitrogens with one attached hydrogen (secondary N) is 2. The third-order valence-corrected chi connectivity index (χ3v) is 2.64.